The molecule has 0 spiro atoms. The summed E-state index contributed by atoms with van der Waals surface area (Å²) in [4.78, 5) is 1.24. The summed E-state index contributed by atoms with van der Waals surface area (Å²) in [7, 11) is 0. The second-order valence-electron chi connectivity index (χ2n) is 3.39. The molecule has 2 aromatic heterocycles. The van der Waals surface area contributed by atoms with Gasteiger partial charge in [0, 0.05) is 6.20 Å². The number of nitrogens with zero attached hydrogens (tertiary/aromatic N) is 1. The zero-order valence-corrected chi connectivity index (χ0v) is 9.91. The van der Waals surface area contributed by atoms with E-state index >= 15 is 0 Å². The number of hydrogen-bond donors (Lipinski definition) is 0. The maximum atomic E-state index is 5.51. The Balaban J connectivity index is 2.23. The van der Waals surface area contributed by atoms with Gasteiger partial charge in [0.2, 0.25) is 0 Å². The minimum atomic E-state index is -0.0388. The third-order valence-electron chi connectivity index (χ3n) is 2.35. The van der Waals surface area contributed by atoms with Crippen LogP contribution < -0.4 is 0 Å². The number of rotatable bonds is 4. The van der Waals surface area contributed by atoms with Gasteiger partial charge >= 0.3 is 0 Å². The van der Waals surface area contributed by atoms with Crippen molar-refractivity contribution in [1.82, 2.24) is 4.57 Å². The summed E-state index contributed by atoms with van der Waals surface area (Å²) in [5.41, 5.74) is 1.17. The number of aromatic nitrogens is 1. The van der Waals surface area contributed by atoms with Gasteiger partial charge in [0.25, 0.3) is 0 Å². The van der Waals surface area contributed by atoms with E-state index in [4.69, 9.17) is 11.2 Å². The monoisotopic (exact) mass is 231 g/mol. The lowest BCUT2D eigenvalue weighted by Gasteiger charge is -2.16. The van der Waals surface area contributed by atoms with Crippen LogP contribution in [0.2, 0.25) is 0 Å². The van der Waals surface area contributed by atoms with Crippen molar-refractivity contribution in [1.29, 1.82) is 0 Å². The van der Waals surface area contributed by atoms with Crippen molar-refractivity contribution in [3.8, 4) is 22.9 Å². The number of hydrogen-bond acceptors (Lipinski definition) is 2. The largest absolute Gasteiger partial charge is 0.346 e. The van der Waals surface area contributed by atoms with E-state index in [-0.39, 0.29) is 6.23 Å². The zero-order chi connectivity index (χ0) is 11.4. The number of thiophene rings is 1. The van der Waals surface area contributed by atoms with E-state index in [0.717, 1.165) is 0 Å². The van der Waals surface area contributed by atoms with Gasteiger partial charge in [-0.1, -0.05) is 12.0 Å². The summed E-state index contributed by atoms with van der Waals surface area (Å²) in [5, 5.41) is 2.07. The molecule has 2 aromatic rings. The maximum Gasteiger partial charge on any atom is 0.132 e. The highest BCUT2D eigenvalue weighted by Crippen LogP contribution is 2.27. The summed E-state index contributed by atoms with van der Waals surface area (Å²) in [6.45, 7) is 2.33. The molecule has 16 heavy (non-hydrogen) atoms. The molecule has 3 heteroatoms. The summed E-state index contributed by atoms with van der Waals surface area (Å²) in [5.74, 6) is 2.48. The lowest BCUT2D eigenvalue weighted by atomic mass is 10.3. The van der Waals surface area contributed by atoms with E-state index in [1.165, 1.54) is 10.6 Å². The molecule has 0 aliphatic rings. The van der Waals surface area contributed by atoms with Crippen LogP contribution in [0.15, 0.2) is 35.8 Å². The average Bonchev–Trinajstić information content (AvgIpc) is 2.94. The first-order chi connectivity index (χ1) is 7.83. The molecular formula is C13H13NOS. The minimum absolute atomic E-state index is 0.0388. The summed E-state index contributed by atoms with van der Waals surface area (Å²) in [6, 6.07) is 8.25. The van der Waals surface area contributed by atoms with E-state index in [1.54, 1.807) is 11.3 Å². The van der Waals surface area contributed by atoms with Crippen molar-refractivity contribution in [3.63, 3.8) is 0 Å². The minimum Gasteiger partial charge on any atom is -0.346 e. The van der Waals surface area contributed by atoms with Crippen molar-refractivity contribution in [2.75, 3.05) is 6.61 Å². The molecule has 0 amide bonds. The van der Waals surface area contributed by atoms with Crippen LogP contribution in [0.25, 0.3) is 10.6 Å². The fourth-order valence-corrected chi connectivity index (χ4v) is 2.35. The summed E-state index contributed by atoms with van der Waals surface area (Å²) >= 11 is 1.72. The van der Waals surface area contributed by atoms with Gasteiger partial charge in [-0.3, -0.25) is 0 Å². The Bertz CT molecular complexity index is 478. The molecule has 0 N–H and O–H groups in total. The second-order valence-corrected chi connectivity index (χ2v) is 4.34. The van der Waals surface area contributed by atoms with Crippen molar-refractivity contribution in [2.45, 2.75) is 13.2 Å². The molecule has 0 fully saturated rings. The predicted molar refractivity (Wildman–Crippen MR) is 67.2 cm³/mol. The van der Waals surface area contributed by atoms with Crippen molar-refractivity contribution < 1.29 is 4.74 Å². The molecule has 2 rings (SSSR count). The molecule has 0 bridgehead atoms. The van der Waals surface area contributed by atoms with Crippen molar-refractivity contribution in [3.05, 3.63) is 35.8 Å². The van der Waals surface area contributed by atoms with Gasteiger partial charge < -0.3 is 9.30 Å². The SMILES string of the molecule is C#CCOC(C)n1cccc1-c1cccs1. The topological polar surface area (TPSA) is 14.2 Å². The van der Waals surface area contributed by atoms with Crippen molar-refractivity contribution >= 4 is 11.3 Å². The zero-order valence-electron chi connectivity index (χ0n) is 9.09. The Kier molecular flexibility index (Phi) is 3.45. The first-order valence-electron chi connectivity index (χ1n) is 5.08. The van der Waals surface area contributed by atoms with Crippen molar-refractivity contribution in [2.24, 2.45) is 0 Å². The highest BCUT2D eigenvalue weighted by molar-refractivity contribution is 7.13. The molecular weight excluding hydrogens is 218 g/mol. The Morgan fingerprint density at radius 2 is 2.38 bits per heavy atom. The number of ether oxygens (including phenoxy) is 1. The second kappa shape index (κ2) is 5.02. The van der Waals surface area contributed by atoms with E-state index < -0.39 is 0 Å². The van der Waals surface area contributed by atoms with Gasteiger partial charge in [0.05, 0.1) is 10.6 Å². The van der Waals surface area contributed by atoms with Gasteiger partial charge in [-0.25, -0.2) is 0 Å². The molecule has 1 atom stereocenters. The Morgan fingerprint density at radius 3 is 3.06 bits per heavy atom. The summed E-state index contributed by atoms with van der Waals surface area (Å²) in [6.07, 6.45) is 7.15. The normalized spacial score (nSPS) is 12.2. The quantitative estimate of drug-likeness (QED) is 0.736. The Hall–Kier alpha value is -1.50. The molecule has 0 saturated carbocycles. The van der Waals surface area contributed by atoms with Gasteiger partial charge in [0.1, 0.15) is 12.8 Å². The van der Waals surface area contributed by atoms with Crippen LogP contribution in [0.4, 0.5) is 0 Å². The molecule has 2 nitrogen and oxygen atoms in total. The molecule has 0 aliphatic heterocycles. The van der Waals surface area contributed by atoms with E-state index in [9.17, 15) is 0 Å². The van der Waals surface area contributed by atoms with Crippen LogP contribution in [0.1, 0.15) is 13.2 Å². The van der Waals surface area contributed by atoms with Gasteiger partial charge in [-0.05, 0) is 30.5 Å². The van der Waals surface area contributed by atoms with E-state index in [2.05, 4.69) is 28.0 Å². The molecule has 2 heterocycles. The van der Waals surface area contributed by atoms with Crippen LogP contribution in [0.5, 0.6) is 0 Å². The van der Waals surface area contributed by atoms with Crippen LogP contribution in [0, 0.1) is 12.3 Å². The molecule has 0 aliphatic carbocycles. The predicted octanol–water partition coefficient (Wildman–Crippen LogP) is 3.38. The molecule has 0 saturated heterocycles. The van der Waals surface area contributed by atoms with Crippen LogP contribution in [0.3, 0.4) is 0 Å². The fraction of sp³-hybridized carbons (Fsp3) is 0.231. The third-order valence-corrected chi connectivity index (χ3v) is 3.24. The fourth-order valence-electron chi connectivity index (χ4n) is 1.59. The smallest absolute Gasteiger partial charge is 0.132 e. The van der Waals surface area contributed by atoms with E-state index in [1.807, 2.05) is 25.3 Å². The van der Waals surface area contributed by atoms with Gasteiger partial charge in [-0.2, -0.15) is 0 Å². The van der Waals surface area contributed by atoms with Gasteiger partial charge in [-0.15, -0.1) is 17.8 Å². The lowest BCUT2D eigenvalue weighted by Crippen LogP contribution is -2.09. The number of terminal acetylenes is 1. The molecule has 0 radical (unpaired) electrons. The Labute approximate surface area is 99.5 Å². The summed E-state index contributed by atoms with van der Waals surface area (Å²) < 4.78 is 7.59. The van der Waals surface area contributed by atoms with Crippen LogP contribution in [-0.4, -0.2) is 11.2 Å². The highest BCUT2D eigenvalue weighted by atomic mass is 32.1. The molecule has 0 aromatic carbocycles. The third kappa shape index (κ3) is 2.19. The first kappa shape index (κ1) is 11.0. The van der Waals surface area contributed by atoms with E-state index in [0.29, 0.717) is 6.61 Å². The molecule has 1 unspecified atom stereocenters. The molecule has 82 valence electrons. The maximum absolute atomic E-state index is 5.51. The average molecular weight is 231 g/mol. The first-order valence-corrected chi connectivity index (χ1v) is 5.96. The highest BCUT2D eigenvalue weighted by Gasteiger charge is 2.10. The standard InChI is InChI=1S/C13H13NOS/c1-3-9-15-11(2)14-8-4-6-12(14)13-7-5-10-16-13/h1,4-8,10-11H,9H2,2H3. The van der Waals surface area contributed by atoms with Crippen LogP contribution >= 0.6 is 11.3 Å². The Morgan fingerprint density at radius 1 is 1.50 bits per heavy atom. The van der Waals surface area contributed by atoms with Crippen LogP contribution in [-0.2, 0) is 4.74 Å². The van der Waals surface area contributed by atoms with Gasteiger partial charge in [0.15, 0.2) is 0 Å². The lowest BCUT2D eigenvalue weighted by molar-refractivity contribution is 0.0397.